The van der Waals surface area contributed by atoms with Crippen molar-refractivity contribution >= 4 is 40.2 Å². The molecule has 7 rings (SSSR count). The molecule has 3 aliphatic rings. The van der Waals surface area contributed by atoms with Crippen molar-refractivity contribution in [3.8, 4) is 11.1 Å². The van der Waals surface area contributed by atoms with Crippen LogP contribution in [0.3, 0.4) is 0 Å². The molecule has 1 aliphatic carbocycles. The molecule has 55 heavy (non-hydrogen) atoms. The molecule has 13 nitrogen and oxygen atoms in total. The molecular formula is C39H46F3N9O4. The van der Waals surface area contributed by atoms with Crippen molar-refractivity contribution < 1.29 is 32.3 Å². The predicted octanol–water partition coefficient (Wildman–Crippen LogP) is 5.61. The van der Waals surface area contributed by atoms with Gasteiger partial charge in [0, 0.05) is 73.0 Å². The van der Waals surface area contributed by atoms with E-state index in [1.54, 1.807) is 40.8 Å². The van der Waals surface area contributed by atoms with Crippen LogP contribution in [0.2, 0.25) is 0 Å². The van der Waals surface area contributed by atoms with Crippen LogP contribution in [0.5, 0.6) is 0 Å². The van der Waals surface area contributed by atoms with Crippen molar-refractivity contribution in [2.45, 2.75) is 104 Å². The van der Waals surface area contributed by atoms with Gasteiger partial charge >= 0.3 is 6.18 Å². The van der Waals surface area contributed by atoms with Gasteiger partial charge in [-0.3, -0.25) is 28.5 Å². The number of anilines is 1. The SMILES string of the molecule is CC(=O)c1nn2c3c(cc(-c4cnc(C)nc4)cc13)CCCCCC(C)(C)C(=O)N(C)C[C@@]13C[C@@H](C(=O)Nc4ccn(CC(F)(F)F)n4)N(C(=O)C2)C1[C@@H]3C. The Labute approximate surface area is 316 Å². The van der Waals surface area contributed by atoms with Crippen LogP contribution in [0.1, 0.15) is 81.7 Å². The first-order valence-corrected chi connectivity index (χ1v) is 18.7. The lowest BCUT2D eigenvalue weighted by Gasteiger charge is -2.32. The first kappa shape index (κ1) is 38.1. The molecule has 2 fully saturated rings. The number of halogens is 3. The average molecular weight is 762 g/mol. The Morgan fingerprint density at radius 3 is 2.45 bits per heavy atom. The maximum absolute atomic E-state index is 14.7. The lowest BCUT2D eigenvalue weighted by molar-refractivity contribution is -0.142. The zero-order valence-corrected chi connectivity index (χ0v) is 31.9. The van der Waals surface area contributed by atoms with Crippen molar-refractivity contribution in [3.05, 3.63) is 53.9 Å². The van der Waals surface area contributed by atoms with Crippen molar-refractivity contribution in [2.24, 2.45) is 16.7 Å². The molecule has 1 unspecified atom stereocenters. The number of carbonyl (C=O) groups is 4. The molecule has 0 spiro atoms. The number of Topliss-reactive ketones (excluding diaryl/α,β-unsaturated/α-hetero) is 1. The Kier molecular flexibility index (Phi) is 9.61. The van der Waals surface area contributed by atoms with Crippen molar-refractivity contribution in [3.63, 3.8) is 0 Å². The summed E-state index contributed by atoms with van der Waals surface area (Å²) in [4.78, 5) is 67.8. The largest absolute Gasteiger partial charge is 0.408 e. The smallest absolute Gasteiger partial charge is 0.345 e. The normalized spacial score (nSPS) is 24.5. The van der Waals surface area contributed by atoms with E-state index in [9.17, 15) is 32.3 Å². The molecule has 1 N–H and O–H groups in total. The summed E-state index contributed by atoms with van der Waals surface area (Å²) >= 11 is 0. The molecule has 3 aromatic heterocycles. The maximum atomic E-state index is 14.7. The standard InChI is InChI=1S/C39H46F3N9O4/c1-22-34-38(22)16-29(35(54)45-30-11-13-49(46-30)21-39(40,41)42)51(34)31(53)19-50-33-25(10-8-7-9-12-37(4,5)36(55)48(6)20-38)14-26(27-17-43-24(3)44-18-27)15-28(33)32(47-50)23(2)52/h11,13-15,17-18,22,29,34H,7-10,12,16,19-21H2,1-6H3,(H,45,46,54)/t22-,29-,34?,38+/m0/s1. The van der Waals surface area contributed by atoms with E-state index in [2.05, 4.69) is 20.4 Å². The van der Waals surface area contributed by atoms with Crippen LogP contribution in [0.4, 0.5) is 19.0 Å². The predicted molar refractivity (Wildman–Crippen MR) is 197 cm³/mol. The van der Waals surface area contributed by atoms with Gasteiger partial charge in [-0.25, -0.2) is 9.97 Å². The molecule has 0 radical (unpaired) electrons. The quantitative estimate of drug-likeness (QED) is 0.258. The number of hydrogen-bond acceptors (Lipinski definition) is 8. The van der Waals surface area contributed by atoms with Crippen LogP contribution in [0.25, 0.3) is 22.0 Å². The van der Waals surface area contributed by atoms with Crippen molar-refractivity contribution in [1.29, 1.82) is 0 Å². The van der Waals surface area contributed by atoms with Gasteiger partial charge in [-0.15, -0.1) is 0 Å². The molecule has 5 heterocycles. The van der Waals surface area contributed by atoms with E-state index in [1.165, 1.54) is 13.0 Å². The number of carbonyl (C=O) groups excluding carboxylic acids is 4. The Bertz CT molecular complexity index is 2180. The van der Waals surface area contributed by atoms with Gasteiger partial charge in [-0.05, 0) is 61.8 Å². The molecule has 16 heteroatoms. The highest BCUT2D eigenvalue weighted by atomic mass is 19.4. The summed E-state index contributed by atoms with van der Waals surface area (Å²) in [6.07, 6.45) is 4.06. The molecule has 2 aliphatic heterocycles. The Morgan fingerprint density at radius 1 is 1.04 bits per heavy atom. The number of hydrogen-bond donors (Lipinski definition) is 1. The number of nitrogens with one attached hydrogen (secondary N) is 1. The monoisotopic (exact) mass is 761 g/mol. The molecule has 1 saturated carbocycles. The van der Waals surface area contributed by atoms with Gasteiger partial charge in [-0.1, -0.05) is 33.6 Å². The van der Waals surface area contributed by atoms with E-state index < -0.39 is 47.4 Å². The van der Waals surface area contributed by atoms with Gasteiger partial charge in [-0.2, -0.15) is 23.4 Å². The molecule has 4 aromatic rings. The maximum Gasteiger partial charge on any atom is 0.408 e. The number of nitrogens with zero attached hydrogens (tertiary/aromatic N) is 8. The molecule has 2 bridgehead atoms. The van der Waals surface area contributed by atoms with Crippen molar-refractivity contribution in [2.75, 3.05) is 18.9 Å². The van der Waals surface area contributed by atoms with Gasteiger partial charge in [0.15, 0.2) is 11.6 Å². The molecule has 1 aromatic carbocycles. The van der Waals surface area contributed by atoms with Crippen LogP contribution in [0.15, 0.2) is 36.8 Å². The van der Waals surface area contributed by atoms with Crippen LogP contribution in [-0.4, -0.2) is 94.7 Å². The van der Waals surface area contributed by atoms with Crippen LogP contribution in [-0.2, 0) is 33.9 Å². The van der Waals surface area contributed by atoms with Gasteiger partial charge in [0.1, 0.15) is 30.6 Å². The third kappa shape index (κ3) is 7.22. The zero-order valence-electron chi connectivity index (χ0n) is 31.9. The number of amides is 3. The summed E-state index contributed by atoms with van der Waals surface area (Å²) in [5, 5.41) is 11.8. The summed E-state index contributed by atoms with van der Waals surface area (Å²) < 4.78 is 41.4. The number of benzene rings is 1. The fourth-order valence-corrected chi connectivity index (χ4v) is 8.99. The summed E-state index contributed by atoms with van der Waals surface area (Å²) in [7, 11) is 1.76. The minimum absolute atomic E-state index is 0.0170. The number of piperidine rings is 1. The molecule has 3 amide bonds. The van der Waals surface area contributed by atoms with Gasteiger partial charge in [0.25, 0.3) is 0 Å². The second-order valence-corrected chi connectivity index (χ2v) is 16.2. The first-order chi connectivity index (χ1) is 25.9. The molecule has 292 valence electrons. The lowest BCUT2D eigenvalue weighted by atomic mass is 9.84. The van der Waals surface area contributed by atoms with Gasteiger partial charge < -0.3 is 15.1 Å². The molecule has 1 saturated heterocycles. The number of alkyl halides is 3. The number of aryl methyl sites for hydroxylation is 2. The first-order valence-electron chi connectivity index (χ1n) is 18.7. The Balaban J connectivity index is 1.30. The summed E-state index contributed by atoms with van der Waals surface area (Å²) in [5.74, 6) is -0.785. The average Bonchev–Trinajstić information content (AvgIpc) is 3.53. The fraction of sp³-hybridized carbons (Fsp3) is 0.538. The van der Waals surface area contributed by atoms with Crippen LogP contribution in [0, 0.1) is 23.7 Å². The zero-order chi connectivity index (χ0) is 39.6. The Morgan fingerprint density at radius 2 is 1.76 bits per heavy atom. The fourth-order valence-electron chi connectivity index (χ4n) is 8.99. The third-order valence-corrected chi connectivity index (χ3v) is 11.8. The van der Waals surface area contributed by atoms with Crippen molar-refractivity contribution in [1.82, 2.24) is 39.3 Å². The van der Waals surface area contributed by atoms with E-state index in [0.717, 1.165) is 42.1 Å². The topological polar surface area (TPSA) is 148 Å². The van der Waals surface area contributed by atoms with E-state index in [-0.39, 0.29) is 42.1 Å². The summed E-state index contributed by atoms with van der Waals surface area (Å²) in [5.41, 5.74) is 2.09. The number of ketones is 1. The van der Waals surface area contributed by atoms with Gasteiger partial charge in [0.05, 0.1) is 5.52 Å². The highest BCUT2D eigenvalue weighted by Gasteiger charge is 2.73. The van der Waals surface area contributed by atoms with E-state index in [4.69, 9.17) is 5.10 Å². The number of rotatable bonds is 5. The highest BCUT2D eigenvalue weighted by molar-refractivity contribution is 6.07. The summed E-state index contributed by atoms with van der Waals surface area (Å²) in [6.45, 7) is 7.87. The van der Waals surface area contributed by atoms with E-state index in [0.29, 0.717) is 40.8 Å². The molecular weight excluding hydrogens is 715 g/mol. The lowest BCUT2D eigenvalue weighted by Crippen LogP contribution is -2.47. The third-order valence-electron chi connectivity index (χ3n) is 11.8. The summed E-state index contributed by atoms with van der Waals surface area (Å²) in [6, 6.07) is 3.78. The van der Waals surface area contributed by atoms with Crippen LogP contribution < -0.4 is 5.32 Å². The number of aromatic nitrogens is 6. The second-order valence-electron chi connectivity index (χ2n) is 16.2. The van der Waals surface area contributed by atoms with E-state index >= 15 is 0 Å². The van der Waals surface area contributed by atoms with Gasteiger partial charge in [0.2, 0.25) is 17.7 Å². The van der Waals surface area contributed by atoms with E-state index in [1.807, 2.05) is 32.9 Å². The van der Waals surface area contributed by atoms with Crippen LogP contribution >= 0.6 is 0 Å². The second kappa shape index (κ2) is 13.9. The minimum atomic E-state index is -4.50. The molecule has 4 atom stereocenters. The highest BCUT2D eigenvalue weighted by Crippen LogP contribution is 2.64. The Hall–Kier alpha value is -5.15. The minimum Gasteiger partial charge on any atom is -0.345 e.